The first-order chi connectivity index (χ1) is 16.4. The van der Waals surface area contributed by atoms with Gasteiger partial charge < -0.3 is 24.4 Å². The van der Waals surface area contributed by atoms with Crippen molar-refractivity contribution in [1.29, 1.82) is 0 Å². The number of carboxylic acid groups (broad SMARTS) is 1. The molecule has 1 aromatic heterocycles. The lowest BCUT2D eigenvalue weighted by molar-refractivity contribution is -0.140. The monoisotopic (exact) mass is 519 g/mol. The smallest absolute Gasteiger partial charge is 0.305 e. The minimum Gasteiger partial charge on any atom is -0.481 e. The number of anilines is 1. The summed E-state index contributed by atoms with van der Waals surface area (Å²) in [6.07, 6.45) is 0.367. The molecule has 0 saturated carbocycles. The van der Waals surface area contributed by atoms with Gasteiger partial charge in [0.1, 0.15) is 24.9 Å². The Labute approximate surface area is 200 Å². The third kappa shape index (κ3) is 7.73. The fourth-order valence-electron chi connectivity index (χ4n) is 2.66. The number of carboxylic acids is 1. The molecular formula is C21H21F4N3O6S. The van der Waals surface area contributed by atoms with Gasteiger partial charge in [0.2, 0.25) is 17.5 Å². The molecule has 1 heterocycles. The van der Waals surface area contributed by atoms with E-state index in [1.165, 1.54) is 30.3 Å². The number of ether oxygens (including phenoxy) is 1. The number of aromatic nitrogens is 1. The second-order valence-corrected chi connectivity index (χ2v) is 8.78. The van der Waals surface area contributed by atoms with Gasteiger partial charge in [-0.25, -0.2) is 8.78 Å². The number of pyridine rings is 1. The summed E-state index contributed by atoms with van der Waals surface area (Å²) in [4.78, 5) is 48.4. The lowest BCUT2D eigenvalue weighted by atomic mass is 10.1. The van der Waals surface area contributed by atoms with Crippen molar-refractivity contribution >= 4 is 35.3 Å². The summed E-state index contributed by atoms with van der Waals surface area (Å²) in [5, 5.41) is 11.3. The summed E-state index contributed by atoms with van der Waals surface area (Å²) in [7, 11) is 0. The van der Waals surface area contributed by atoms with E-state index >= 15 is 0 Å². The van der Waals surface area contributed by atoms with E-state index in [0.717, 1.165) is 4.57 Å². The number of hydrogen-bond donors (Lipinski definition) is 3. The van der Waals surface area contributed by atoms with Gasteiger partial charge in [0, 0.05) is 17.5 Å². The van der Waals surface area contributed by atoms with Gasteiger partial charge in [-0.15, -0.1) is 0 Å². The maximum Gasteiger partial charge on any atom is 0.305 e. The van der Waals surface area contributed by atoms with Crippen LogP contribution in [-0.4, -0.2) is 45.2 Å². The summed E-state index contributed by atoms with van der Waals surface area (Å²) in [5.74, 6) is -12.4. The summed E-state index contributed by atoms with van der Waals surface area (Å²) < 4.78 is 62.4. The standard InChI is InChI=1S/C21H21F4N3O6S/c1-10(2)35-27-13-4-3-5-28(21(13)33)8-16(30)26-14(7-17(31)32)15(29)9-34-20-18(24)11(22)6-12(23)19(20)25/h3-6,10,14,27H,7-9H2,1-2H3,(H,26,30)(H,31,32). The van der Waals surface area contributed by atoms with Crippen molar-refractivity contribution in [2.45, 2.75) is 38.1 Å². The summed E-state index contributed by atoms with van der Waals surface area (Å²) in [5.41, 5.74) is -0.365. The number of ketones is 1. The number of amides is 1. The molecule has 1 unspecified atom stereocenters. The van der Waals surface area contributed by atoms with Gasteiger partial charge in [-0.1, -0.05) is 13.8 Å². The van der Waals surface area contributed by atoms with Crippen LogP contribution >= 0.6 is 11.9 Å². The molecule has 0 bridgehead atoms. The molecule has 0 aliphatic carbocycles. The fourth-order valence-corrected chi connectivity index (χ4v) is 3.17. The molecule has 0 saturated heterocycles. The topological polar surface area (TPSA) is 127 Å². The maximum atomic E-state index is 13.7. The number of rotatable bonds is 12. The number of aliphatic carboxylic acids is 1. The van der Waals surface area contributed by atoms with Crippen molar-refractivity contribution in [2.24, 2.45) is 0 Å². The van der Waals surface area contributed by atoms with E-state index in [0.29, 0.717) is 0 Å². The minimum atomic E-state index is -1.89. The van der Waals surface area contributed by atoms with Crippen LogP contribution in [-0.2, 0) is 20.9 Å². The third-order valence-corrected chi connectivity index (χ3v) is 5.08. The van der Waals surface area contributed by atoms with Crippen LogP contribution in [0, 0.1) is 23.3 Å². The van der Waals surface area contributed by atoms with Crippen LogP contribution in [0.5, 0.6) is 5.75 Å². The number of nitrogens with one attached hydrogen (secondary N) is 2. The Balaban J connectivity index is 2.11. The minimum absolute atomic E-state index is 0.0548. The molecule has 9 nitrogen and oxygen atoms in total. The molecule has 0 fully saturated rings. The number of Topliss-reactive ketones (excluding diaryl/α,β-unsaturated/α-hetero) is 1. The highest BCUT2D eigenvalue weighted by Crippen LogP contribution is 2.26. The van der Waals surface area contributed by atoms with Crippen molar-refractivity contribution in [3.05, 3.63) is 58.0 Å². The van der Waals surface area contributed by atoms with Gasteiger partial charge >= 0.3 is 5.97 Å². The molecular weight excluding hydrogens is 498 g/mol. The Morgan fingerprint density at radius 3 is 2.34 bits per heavy atom. The van der Waals surface area contributed by atoms with Crippen LogP contribution in [0.2, 0.25) is 0 Å². The van der Waals surface area contributed by atoms with Gasteiger partial charge in [-0.05, 0) is 24.1 Å². The predicted octanol–water partition coefficient (Wildman–Crippen LogP) is 2.48. The Hall–Kier alpha value is -3.55. The summed E-state index contributed by atoms with van der Waals surface area (Å²) >= 11 is 1.27. The van der Waals surface area contributed by atoms with Gasteiger partial charge in [-0.3, -0.25) is 19.2 Å². The van der Waals surface area contributed by atoms with Gasteiger partial charge in [0.25, 0.3) is 5.56 Å². The Morgan fingerprint density at radius 1 is 1.14 bits per heavy atom. The van der Waals surface area contributed by atoms with Crippen LogP contribution in [0.3, 0.4) is 0 Å². The lowest BCUT2D eigenvalue weighted by Gasteiger charge is -2.17. The quantitative estimate of drug-likeness (QED) is 0.222. The Bertz CT molecular complexity index is 1150. The first kappa shape index (κ1) is 27.7. The van der Waals surface area contributed by atoms with Crippen LogP contribution < -0.4 is 20.3 Å². The maximum absolute atomic E-state index is 13.7. The molecule has 0 aliphatic rings. The van der Waals surface area contributed by atoms with Gasteiger partial charge in [0.05, 0.1) is 6.42 Å². The van der Waals surface area contributed by atoms with Crippen LogP contribution in [0.15, 0.2) is 29.2 Å². The molecule has 2 rings (SSSR count). The van der Waals surface area contributed by atoms with Crippen molar-refractivity contribution < 1.29 is 41.8 Å². The second kappa shape index (κ2) is 12.2. The first-order valence-electron chi connectivity index (χ1n) is 10.0. The molecule has 3 N–H and O–H groups in total. The SMILES string of the molecule is CC(C)SNc1cccn(CC(=O)NC(CC(=O)O)C(=O)COc2c(F)c(F)cc(F)c2F)c1=O. The second-order valence-electron chi connectivity index (χ2n) is 7.39. The van der Waals surface area contributed by atoms with Crippen molar-refractivity contribution in [3.8, 4) is 5.75 Å². The number of nitrogens with zero attached hydrogens (tertiary/aromatic N) is 1. The first-order valence-corrected chi connectivity index (χ1v) is 10.9. The average Bonchev–Trinajstić information content (AvgIpc) is 2.77. The predicted molar refractivity (Wildman–Crippen MR) is 118 cm³/mol. The molecule has 1 aromatic carbocycles. The third-order valence-electron chi connectivity index (χ3n) is 4.27. The van der Waals surface area contributed by atoms with E-state index in [-0.39, 0.29) is 17.0 Å². The Morgan fingerprint density at radius 2 is 1.77 bits per heavy atom. The zero-order valence-electron chi connectivity index (χ0n) is 18.4. The fraction of sp³-hybridized carbons (Fsp3) is 0.333. The lowest BCUT2D eigenvalue weighted by Crippen LogP contribution is -2.46. The molecule has 35 heavy (non-hydrogen) atoms. The number of halogens is 4. The van der Waals surface area contributed by atoms with Crippen LogP contribution in [0.25, 0.3) is 0 Å². The average molecular weight is 519 g/mol. The van der Waals surface area contributed by atoms with Gasteiger partial charge in [0.15, 0.2) is 23.2 Å². The molecule has 2 aromatic rings. The van der Waals surface area contributed by atoms with E-state index in [2.05, 4.69) is 14.8 Å². The zero-order chi connectivity index (χ0) is 26.3. The van der Waals surface area contributed by atoms with Crippen molar-refractivity contribution in [1.82, 2.24) is 9.88 Å². The van der Waals surface area contributed by atoms with Crippen LogP contribution in [0.1, 0.15) is 20.3 Å². The summed E-state index contributed by atoms with van der Waals surface area (Å²) in [6, 6.07) is 1.21. The largest absolute Gasteiger partial charge is 0.481 e. The zero-order valence-corrected chi connectivity index (χ0v) is 19.3. The van der Waals surface area contributed by atoms with E-state index in [1.807, 2.05) is 13.8 Å². The molecule has 14 heteroatoms. The number of benzene rings is 1. The van der Waals surface area contributed by atoms with E-state index in [1.54, 1.807) is 0 Å². The highest BCUT2D eigenvalue weighted by atomic mass is 32.2. The molecule has 0 aliphatic heterocycles. The molecule has 0 spiro atoms. The molecule has 190 valence electrons. The Kier molecular flexibility index (Phi) is 9.68. The molecule has 1 atom stereocenters. The number of carbonyl (C=O) groups is 3. The van der Waals surface area contributed by atoms with Crippen molar-refractivity contribution in [2.75, 3.05) is 11.3 Å². The van der Waals surface area contributed by atoms with E-state index in [9.17, 15) is 36.7 Å². The van der Waals surface area contributed by atoms with Gasteiger partial charge in [-0.2, -0.15) is 8.78 Å². The van der Waals surface area contributed by atoms with Crippen molar-refractivity contribution in [3.63, 3.8) is 0 Å². The molecule has 1 amide bonds. The number of hydrogen-bond acceptors (Lipinski definition) is 7. The molecule has 0 radical (unpaired) electrons. The van der Waals surface area contributed by atoms with Crippen LogP contribution in [0.4, 0.5) is 23.2 Å². The summed E-state index contributed by atoms with van der Waals surface area (Å²) in [6.45, 7) is 2.00. The number of carbonyl (C=O) groups excluding carboxylic acids is 2. The highest BCUT2D eigenvalue weighted by molar-refractivity contribution is 8.01. The van der Waals surface area contributed by atoms with E-state index in [4.69, 9.17) is 5.11 Å². The van der Waals surface area contributed by atoms with E-state index < -0.39 is 77.9 Å². The highest BCUT2D eigenvalue weighted by Gasteiger charge is 2.27. The normalized spacial score (nSPS) is 11.7.